The van der Waals surface area contributed by atoms with E-state index in [-0.39, 0.29) is 11.7 Å². The van der Waals surface area contributed by atoms with Crippen LogP contribution < -0.4 is 9.64 Å². The van der Waals surface area contributed by atoms with Crippen molar-refractivity contribution in [2.45, 2.75) is 31.5 Å². The number of carbonyl (C=O) groups is 1. The van der Waals surface area contributed by atoms with Gasteiger partial charge in [-0.2, -0.15) is 4.68 Å². The summed E-state index contributed by atoms with van der Waals surface area (Å²) in [5.74, 6) is 0.837. The summed E-state index contributed by atoms with van der Waals surface area (Å²) < 4.78 is 7.23. The van der Waals surface area contributed by atoms with Crippen LogP contribution in [-0.4, -0.2) is 44.5 Å². The van der Waals surface area contributed by atoms with Gasteiger partial charge in [-0.25, -0.2) is 0 Å². The fourth-order valence-electron chi connectivity index (χ4n) is 3.83. The summed E-state index contributed by atoms with van der Waals surface area (Å²) >= 11 is 1.31. The van der Waals surface area contributed by atoms with E-state index in [0.717, 1.165) is 22.5 Å². The van der Waals surface area contributed by atoms with Crippen molar-refractivity contribution in [2.24, 2.45) is 0 Å². The molecule has 0 bridgehead atoms. The Kier molecular flexibility index (Phi) is 5.34. The molecule has 1 aliphatic rings. The van der Waals surface area contributed by atoms with Crippen molar-refractivity contribution in [1.29, 1.82) is 0 Å². The van der Waals surface area contributed by atoms with Crippen LogP contribution in [0, 0.1) is 0 Å². The van der Waals surface area contributed by atoms with E-state index in [2.05, 4.69) is 28.5 Å². The average Bonchev–Trinajstić information content (AvgIpc) is 3.20. The molecule has 1 amide bonds. The topological polar surface area (TPSA) is 73.1 Å². The highest BCUT2D eigenvalue weighted by Crippen LogP contribution is 2.44. The minimum absolute atomic E-state index is 0.0397. The van der Waals surface area contributed by atoms with Crippen LogP contribution in [-0.2, 0) is 4.79 Å². The van der Waals surface area contributed by atoms with E-state index < -0.39 is 5.54 Å². The first kappa shape index (κ1) is 20.2. The smallest absolute Gasteiger partial charge is 0.238 e. The first-order valence-electron chi connectivity index (χ1n) is 9.59. The summed E-state index contributed by atoms with van der Waals surface area (Å²) in [7, 11) is 1.63. The van der Waals surface area contributed by atoms with Crippen molar-refractivity contribution in [3.8, 4) is 11.4 Å². The number of hydrogen-bond acceptors (Lipinski definition) is 6. The molecular formula is C22H23N5O2S. The molecule has 7 nitrogen and oxygen atoms in total. The van der Waals surface area contributed by atoms with Gasteiger partial charge in [0.15, 0.2) is 0 Å². The normalized spacial score (nSPS) is 14.8. The number of fused-ring (bicyclic) bond motifs is 1. The van der Waals surface area contributed by atoms with Crippen LogP contribution in [0.1, 0.15) is 26.3 Å². The third-order valence-corrected chi connectivity index (χ3v) is 5.93. The number of benzene rings is 2. The second-order valence-electron chi connectivity index (χ2n) is 7.56. The maximum absolute atomic E-state index is 13.4. The maximum Gasteiger partial charge on any atom is 0.238 e. The van der Waals surface area contributed by atoms with E-state index >= 15 is 0 Å². The van der Waals surface area contributed by atoms with E-state index in [1.807, 2.05) is 67.3 Å². The molecule has 2 heterocycles. The van der Waals surface area contributed by atoms with E-state index in [1.165, 1.54) is 11.8 Å². The van der Waals surface area contributed by atoms with Gasteiger partial charge >= 0.3 is 0 Å². The van der Waals surface area contributed by atoms with Gasteiger partial charge in [0.1, 0.15) is 5.75 Å². The zero-order valence-corrected chi connectivity index (χ0v) is 18.2. The second-order valence-corrected chi connectivity index (χ2v) is 8.51. The molecule has 0 unspecified atom stereocenters. The zero-order valence-electron chi connectivity index (χ0n) is 17.4. The van der Waals surface area contributed by atoms with Gasteiger partial charge < -0.3 is 4.74 Å². The van der Waals surface area contributed by atoms with Crippen molar-refractivity contribution in [3.63, 3.8) is 0 Å². The standard InChI is InChI=1S/C22H23N5O2S/c1-15-13-22(2,3)26(20-17(15)11-8-12-18(20)29-4)19(28)14-30-21-23-24-25-27(21)16-9-6-5-7-10-16/h5-13H,14H2,1-4H3. The van der Waals surface area contributed by atoms with E-state index in [0.29, 0.717) is 10.9 Å². The molecule has 1 aliphatic heterocycles. The van der Waals surface area contributed by atoms with Crippen LogP contribution in [0.2, 0.25) is 0 Å². The molecule has 0 saturated carbocycles. The molecule has 154 valence electrons. The third-order valence-electron chi connectivity index (χ3n) is 5.03. The summed E-state index contributed by atoms with van der Waals surface area (Å²) in [4.78, 5) is 15.3. The Balaban J connectivity index is 1.63. The van der Waals surface area contributed by atoms with Crippen LogP contribution in [0.4, 0.5) is 5.69 Å². The highest BCUT2D eigenvalue weighted by Gasteiger charge is 2.37. The number of ether oxygens (including phenoxy) is 1. The molecule has 2 aromatic carbocycles. The summed E-state index contributed by atoms with van der Waals surface area (Å²) in [6, 6.07) is 15.5. The summed E-state index contributed by atoms with van der Waals surface area (Å²) in [5, 5.41) is 12.5. The molecule has 0 aliphatic carbocycles. The number of hydrogen-bond donors (Lipinski definition) is 0. The molecule has 0 spiro atoms. The Labute approximate surface area is 179 Å². The van der Waals surface area contributed by atoms with E-state index in [1.54, 1.807) is 11.8 Å². The van der Waals surface area contributed by atoms with E-state index in [9.17, 15) is 4.79 Å². The minimum Gasteiger partial charge on any atom is -0.495 e. The number of amides is 1. The van der Waals surface area contributed by atoms with Gasteiger partial charge in [-0.15, -0.1) is 5.10 Å². The summed E-state index contributed by atoms with van der Waals surface area (Å²) in [6.07, 6.45) is 2.12. The Morgan fingerprint density at radius 2 is 1.90 bits per heavy atom. The average molecular weight is 422 g/mol. The molecule has 0 radical (unpaired) electrons. The van der Waals surface area contributed by atoms with Crippen LogP contribution in [0.3, 0.4) is 0 Å². The van der Waals surface area contributed by atoms with Crippen LogP contribution in [0.25, 0.3) is 11.3 Å². The maximum atomic E-state index is 13.4. The highest BCUT2D eigenvalue weighted by molar-refractivity contribution is 7.99. The number of rotatable bonds is 5. The van der Waals surface area contributed by atoms with Gasteiger partial charge in [0.25, 0.3) is 0 Å². The van der Waals surface area contributed by atoms with Crippen molar-refractivity contribution >= 4 is 28.9 Å². The predicted octanol–water partition coefficient (Wildman–Crippen LogP) is 3.99. The fraction of sp³-hybridized carbons (Fsp3) is 0.273. The minimum atomic E-state index is -0.491. The Morgan fingerprint density at radius 3 is 2.63 bits per heavy atom. The number of methoxy groups -OCH3 is 1. The zero-order chi connectivity index (χ0) is 21.3. The molecular weight excluding hydrogens is 398 g/mol. The van der Waals surface area contributed by atoms with Gasteiger partial charge in [-0.3, -0.25) is 9.69 Å². The Morgan fingerprint density at radius 1 is 1.13 bits per heavy atom. The summed E-state index contributed by atoms with van der Waals surface area (Å²) in [5.41, 5.74) is 3.29. The second kappa shape index (κ2) is 7.95. The predicted molar refractivity (Wildman–Crippen MR) is 118 cm³/mol. The molecule has 0 fully saturated rings. The molecule has 3 aromatic rings. The Bertz CT molecular complexity index is 1110. The number of tetrazole rings is 1. The van der Waals surface area contributed by atoms with Gasteiger partial charge in [0.2, 0.25) is 11.1 Å². The molecule has 30 heavy (non-hydrogen) atoms. The van der Waals surface area contributed by atoms with Crippen LogP contribution in [0.5, 0.6) is 5.75 Å². The number of para-hydroxylation sites is 2. The van der Waals surface area contributed by atoms with Crippen LogP contribution >= 0.6 is 11.8 Å². The van der Waals surface area contributed by atoms with Crippen molar-refractivity contribution in [2.75, 3.05) is 17.8 Å². The van der Waals surface area contributed by atoms with Gasteiger partial charge in [0.05, 0.1) is 29.8 Å². The number of thioether (sulfide) groups is 1. The lowest BCUT2D eigenvalue weighted by molar-refractivity contribution is -0.116. The molecule has 1 aromatic heterocycles. The van der Waals surface area contributed by atoms with Gasteiger partial charge in [-0.05, 0) is 55.0 Å². The SMILES string of the molecule is COc1cccc2c1N(C(=O)CSc1nnnn1-c1ccccc1)C(C)(C)C=C2C. The molecule has 0 saturated heterocycles. The first-order valence-corrected chi connectivity index (χ1v) is 10.6. The van der Waals surface area contributed by atoms with Crippen molar-refractivity contribution in [1.82, 2.24) is 20.2 Å². The monoisotopic (exact) mass is 421 g/mol. The largest absolute Gasteiger partial charge is 0.495 e. The molecule has 0 atom stereocenters. The number of nitrogens with zero attached hydrogens (tertiary/aromatic N) is 5. The van der Waals surface area contributed by atoms with E-state index in [4.69, 9.17) is 4.74 Å². The Hall–Kier alpha value is -3.13. The molecule has 4 rings (SSSR count). The van der Waals surface area contributed by atoms with Crippen molar-refractivity contribution < 1.29 is 9.53 Å². The number of aromatic nitrogens is 4. The number of anilines is 1. The van der Waals surface area contributed by atoms with Gasteiger partial charge in [0, 0.05) is 5.56 Å². The lowest BCUT2D eigenvalue weighted by atomic mass is 9.88. The van der Waals surface area contributed by atoms with Crippen LogP contribution in [0.15, 0.2) is 59.8 Å². The molecule has 0 N–H and O–H groups in total. The van der Waals surface area contributed by atoms with Gasteiger partial charge in [-0.1, -0.05) is 48.2 Å². The molecule has 8 heteroatoms. The third kappa shape index (κ3) is 3.59. The number of carbonyl (C=O) groups excluding carboxylic acids is 1. The first-order chi connectivity index (χ1) is 14.4. The van der Waals surface area contributed by atoms with Crippen molar-refractivity contribution in [3.05, 3.63) is 60.2 Å². The lowest BCUT2D eigenvalue weighted by Gasteiger charge is -2.42. The fourth-order valence-corrected chi connectivity index (χ4v) is 4.57. The quantitative estimate of drug-likeness (QED) is 0.580. The summed E-state index contributed by atoms with van der Waals surface area (Å²) in [6.45, 7) is 6.12. The highest BCUT2D eigenvalue weighted by atomic mass is 32.2. The lowest BCUT2D eigenvalue weighted by Crippen LogP contribution is -2.50. The number of allylic oxidation sites excluding steroid dienone is 1.